The van der Waals surface area contributed by atoms with Crippen LogP contribution in [0.15, 0.2) is 60.0 Å². The first-order valence-corrected chi connectivity index (χ1v) is 6.69. The first-order chi connectivity index (χ1) is 8.81. The number of hydrogen-bond donors (Lipinski definition) is 0. The second-order valence-corrected chi connectivity index (χ2v) is 4.83. The molecule has 0 fully saturated rings. The lowest BCUT2D eigenvalue weighted by molar-refractivity contribution is -0.137. The standard InChI is InChI=1S/C15H14O2S/c1-2-15(16)17-10-11-18-14-9-5-7-12-6-3-4-8-13(12)14/h2-9H,1,10-11H2. The molecule has 0 amide bonds. The Labute approximate surface area is 111 Å². The fourth-order valence-electron chi connectivity index (χ4n) is 1.67. The number of hydrogen-bond acceptors (Lipinski definition) is 3. The molecule has 0 heterocycles. The van der Waals surface area contributed by atoms with E-state index < -0.39 is 0 Å². The summed E-state index contributed by atoms with van der Waals surface area (Å²) in [5, 5.41) is 2.46. The summed E-state index contributed by atoms with van der Waals surface area (Å²) < 4.78 is 4.95. The number of carbonyl (C=O) groups excluding carboxylic acids is 1. The van der Waals surface area contributed by atoms with Crippen molar-refractivity contribution in [2.45, 2.75) is 4.90 Å². The van der Waals surface area contributed by atoms with E-state index in [2.05, 4.69) is 30.8 Å². The zero-order chi connectivity index (χ0) is 12.8. The molecule has 0 radical (unpaired) electrons. The summed E-state index contributed by atoms with van der Waals surface area (Å²) >= 11 is 1.69. The van der Waals surface area contributed by atoms with Crippen LogP contribution in [0.4, 0.5) is 0 Å². The second kappa shape index (κ2) is 6.26. The molecule has 0 saturated heterocycles. The van der Waals surface area contributed by atoms with Crippen molar-refractivity contribution >= 4 is 28.5 Å². The van der Waals surface area contributed by atoms with Gasteiger partial charge in [0.15, 0.2) is 0 Å². The summed E-state index contributed by atoms with van der Waals surface area (Å²) in [6, 6.07) is 14.5. The molecule has 0 aliphatic heterocycles. The van der Waals surface area contributed by atoms with E-state index in [-0.39, 0.29) is 5.97 Å². The van der Waals surface area contributed by atoms with Crippen molar-refractivity contribution in [3.05, 3.63) is 55.1 Å². The molecule has 0 saturated carbocycles. The van der Waals surface area contributed by atoms with Gasteiger partial charge < -0.3 is 4.74 Å². The van der Waals surface area contributed by atoms with E-state index in [4.69, 9.17) is 4.74 Å². The summed E-state index contributed by atoms with van der Waals surface area (Å²) in [6.45, 7) is 3.76. The first-order valence-electron chi connectivity index (χ1n) is 5.71. The van der Waals surface area contributed by atoms with Gasteiger partial charge in [-0.05, 0) is 16.8 Å². The minimum atomic E-state index is -0.367. The van der Waals surface area contributed by atoms with Crippen LogP contribution in [0.2, 0.25) is 0 Å². The Morgan fingerprint density at radius 1 is 1.22 bits per heavy atom. The van der Waals surface area contributed by atoms with Gasteiger partial charge >= 0.3 is 5.97 Å². The molecule has 2 aromatic rings. The molecule has 0 aliphatic carbocycles. The van der Waals surface area contributed by atoms with Gasteiger partial charge in [0.25, 0.3) is 0 Å². The van der Waals surface area contributed by atoms with E-state index in [1.807, 2.05) is 18.2 Å². The average molecular weight is 258 g/mol. The molecule has 0 unspecified atom stereocenters. The summed E-state index contributed by atoms with van der Waals surface area (Å²) in [7, 11) is 0. The number of ether oxygens (including phenoxy) is 1. The maximum atomic E-state index is 10.9. The summed E-state index contributed by atoms with van der Waals surface area (Å²) in [5.74, 6) is 0.377. The van der Waals surface area contributed by atoms with Crippen LogP contribution in [0.1, 0.15) is 0 Å². The van der Waals surface area contributed by atoms with Gasteiger partial charge in [-0.25, -0.2) is 4.79 Å². The zero-order valence-electron chi connectivity index (χ0n) is 9.96. The zero-order valence-corrected chi connectivity index (χ0v) is 10.8. The van der Waals surface area contributed by atoms with E-state index in [0.717, 1.165) is 5.75 Å². The maximum Gasteiger partial charge on any atom is 0.330 e. The number of rotatable bonds is 5. The fourth-order valence-corrected chi connectivity index (χ4v) is 2.58. The molecule has 2 aromatic carbocycles. The lowest BCUT2D eigenvalue weighted by Crippen LogP contribution is -2.03. The average Bonchev–Trinajstić information content (AvgIpc) is 2.43. The number of carbonyl (C=O) groups is 1. The van der Waals surface area contributed by atoms with Crippen molar-refractivity contribution in [2.24, 2.45) is 0 Å². The molecular formula is C15H14O2S. The van der Waals surface area contributed by atoms with Gasteiger partial charge in [-0.1, -0.05) is 43.0 Å². The van der Waals surface area contributed by atoms with Crippen molar-refractivity contribution in [1.29, 1.82) is 0 Å². The molecule has 0 atom stereocenters. The molecule has 18 heavy (non-hydrogen) atoms. The third-order valence-corrected chi connectivity index (χ3v) is 3.54. The smallest absolute Gasteiger partial charge is 0.330 e. The van der Waals surface area contributed by atoms with Crippen molar-refractivity contribution in [3.63, 3.8) is 0 Å². The number of thioether (sulfide) groups is 1. The topological polar surface area (TPSA) is 26.3 Å². The Hall–Kier alpha value is -1.74. The minimum absolute atomic E-state index is 0.367. The van der Waals surface area contributed by atoms with Gasteiger partial charge in [0, 0.05) is 16.7 Å². The van der Waals surface area contributed by atoms with Crippen LogP contribution in [-0.2, 0) is 9.53 Å². The lowest BCUT2D eigenvalue weighted by atomic mass is 10.1. The monoisotopic (exact) mass is 258 g/mol. The third kappa shape index (κ3) is 3.14. The summed E-state index contributed by atoms with van der Waals surface area (Å²) in [5.41, 5.74) is 0. The Bertz CT molecular complexity index is 558. The summed E-state index contributed by atoms with van der Waals surface area (Å²) in [6.07, 6.45) is 1.18. The van der Waals surface area contributed by atoms with E-state index in [1.54, 1.807) is 11.8 Å². The Balaban J connectivity index is 1.99. The van der Waals surface area contributed by atoms with Crippen LogP contribution in [0.25, 0.3) is 10.8 Å². The van der Waals surface area contributed by atoms with Gasteiger partial charge in [-0.2, -0.15) is 0 Å². The molecule has 0 spiro atoms. The van der Waals surface area contributed by atoms with Crippen LogP contribution in [0.3, 0.4) is 0 Å². The van der Waals surface area contributed by atoms with Crippen molar-refractivity contribution in [2.75, 3.05) is 12.4 Å². The van der Waals surface area contributed by atoms with Gasteiger partial charge in [0.1, 0.15) is 6.61 Å². The van der Waals surface area contributed by atoms with Crippen molar-refractivity contribution < 1.29 is 9.53 Å². The first kappa shape index (κ1) is 12.7. The Morgan fingerprint density at radius 3 is 2.83 bits per heavy atom. The molecular weight excluding hydrogens is 244 g/mol. The van der Waals surface area contributed by atoms with Crippen molar-refractivity contribution in [1.82, 2.24) is 0 Å². The van der Waals surface area contributed by atoms with Crippen LogP contribution >= 0.6 is 11.8 Å². The van der Waals surface area contributed by atoms with Crippen LogP contribution in [0, 0.1) is 0 Å². The van der Waals surface area contributed by atoms with Gasteiger partial charge in [-0.15, -0.1) is 11.8 Å². The van der Waals surface area contributed by atoms with Gasteiger partial charge in [0.2, 0.25) is 0 Å². The second-order valence-electron chi connectivity index (χ2n) is 3.70. The Morgan fingerprint density at radius 2 is 2.00 bits per heavy atom. The molecule has 0 aliphatic rings. The molecule has 3 heteroatoms. The van der Waals surface area contributed by atoms with E-state index in [1.165, 1.54) is 21.7 Å². The molecule has 92 valence electrons. The van der Waals surface area contributed by atoms with E-state index in [0.29, 0.717) is 6.61 Å². The number of esters is 1. The normalized spacial score (nSPS) is 10.2. The maximum absolute atomic E-state index is 10.9. The molecule has 0 aromatic heterocycles. The molecule has 2 nitrogen and oxygen atoms in total. The van der Waals surface area contributed by atoms with Crippen LogP contribution in [0.5, 0.6) is 0 Å². The molecule has 0 N–H and O–H groups in total. The largest absolute Gasteiger partial charge is 0.462 e. The van der Waals surface area contributed by atoms with Gasteiger partial charge in [-0.3, -0.25) is 0 Å². The fraction of sp³-hybridized carbons (Fsp3) is 0.133. The number of benzene rings is 2. The third-order valence-electron chi connectivity index (χ3n) is 2.50. The highest BCUT2D eigenvalue weighted by Gasteiger charge is 2.01. The predicted molar refractivity (Wildman–Crippen MR) is 75.8 cm³/mol. The molecule has 0 bridgehead atoms. The van der Waals surface area contributed by atoms with E-state index >= 15 is 0 Å². The highest BCUT2D eigenvalue weighted by atomic mass is 32.2. The highest BCUT2D eigenvalue weighted by Crippen LogP contribution is 2.27. The summed E-state index contributed by atoms with van der Waals surface area (Å²) in [4.78, 5) is 12.1. The van der Waals surface area contributed by atoms with Crippen LogP contribution in [-0.4, -0.2) is 18.3 Å². The predicted octanol–water partition coefficient (Wildman–Crippen LogP) is 3.66. The van der Waals surface area contributed by atoms with Crippen LogP contribution < -0.4 is 0 Å². The Kier molecular flexibility index (Phi) is 4.42. The van der Waals surface area contributed by atoms with Gasteiger partial charge in [0.05, 0.1) is 0 Å². The SMILES string of the molecule is C=CC(=O)OCCSc1cccc2ccccc12. The number of fused-ring (bicyclic) bond motifs is 1. The highest BCUT2D eigenvalue weighted by molar-refractivity contribution is 7.99. The van der Waals surface area contributed by atoms with E-state index in [9.17, 15) is 4.79 Å². The van der Waals surface area contributed by atoms with Crippen molar-refractivity contribution in [3.8, 4) is 0 Å². The quantitative estimate of drug-likeness (QED) is 0.354. The lowest BCUT2D eigenvalue weighted by Gasteiger charge is -2.06. The minimum Gasteiger partial charge on any atom is -0.462 e. The molecule has 2 rings (SSSR count).